The largest absolute Gasteiger partial charge is 0.497 e. The summed E-state index contributed by atoms with van der Waals surface area (Å²) in [7, 11) is -2.44. The summed E-state index contributed by atoms with van der Waals surface area (Å²) in [5.74, 6) is 0.159. The van der Waals surface area contributed by atoms with Gasteiger partial charge in [0.1, 0.15) is 12.3 Å². The number of rotatable bonds is 7. The molecule has 0 aliphatic rings. The Hall–Kier alpha value is -3.03. The number of carbonyl (C=O) groups excluding carboxylic acids is 1. The fourth-order valence-electron chi connectivity index (χ4n) is 2.78. The molecular formula is C22H21ClN2O4S. The van der Waals surface area contributed by atoms with Crippen molar-refractivity contribution in [1.29, 1.82) is 0 Å². The quantitative estimate of drug-likeness (QED) is 0.582. The lowest BCUT2D eigenvalue weighted by Crippen LogP contribution is -2.38. The number of nitrogens with zero attached hydrogens (tertiary/aromatic N) is 1. The molecule has 0 aliphatic heterocycles. The summed E-state index contributed by atoms with van der Waals surface area (Å²) in [5.41, 5.74) is 1.64. The smallest absolute Gasteiger partial charge is 0.264 e. The van der Waals surface area contributed by atoms with Crippen LogP contribution in [0.1, 0.15) is 5.56 Å². The maximum atomic E-state index is 13.3. The SMILES string of the molecule is COc1ccc(NC(=O)CN(c2ccc(C)c(Cl)c2)S(=O)(=O)c2ccccc2)cc1. The maximum absolute atomic E-state index is 13.3. The van der Waals surface area contributed by atoms with E-state index in [-0.39, 0.29) is 4.90 Å². The van der Waals surface area contributed by atoms with Crippen LogP contribution in [-0.4, -0.2) is 28.0 Å². The van der Waals surface area contributed by atoms with E-state index in [1.807, 2.05) is 6.92 Å². The van der Waals surface area contributed by atoms with Crippen molar-refractivity contribution < 1.29 is 17.9 Å². The van der Waals surface area contributed by atoms with Crippen LogP contribution in [0, 0.1) is 6.92 Å². The number of halogens is 1. The van der Waals surface area contributed by atoms with Crippen LogP contribution >= 0.6 is 11.6 Å². The zero-order valence-corrected chi connectivity index (χ0v) is 18.1. The van der Waals surface area contributed by atoms with E-state index in [2.05, 4.69) is 5.32 Å². The van der Waals surface area contributed by atoms with Crippen molar-refractivity contribution in [2.45, 2.75) is 11.8 Å². The second kappa shape index (κ2) is 9.19. The maximum Gasteiger partial charge on any atom is 0.264 e. The highest BCUT2D eigenvalue weighted by atomic mass is 35.5. The molecule has 0 heterocycles. The van der Waals surface area contributed by atoms with Gasteiger partial charge in [0.25, 0.3) is 10.0 Å². The Morgan fingerprint density at radius 2 is 1.70 bits per heavy atom. The number of amides is 1. The minimum atomic E-state index is -3.99. The van der Waals surface area contributed by atoms with Crippen LogP contribution in [0.25, 0.3) is 0 Å². The fourth-order valence-corrected chi connectivity index (χ4v) is 4.39. The number of hydrogen-bond acceptors (Lipinski definition) is 4. The molecule has 0 spiro atoms. The average molecular weight is 445 g/mol. The van der Waals surface area contributed by atoms with Crippen LogP contribution < -0.4 is 14.4 Å². The number of hydrogen-bond donors (Lipinski definition) is 1. The first-order chi connectivity index (χ1) is 14.3. The van der Waals surface area contributed by atoms with Gasteiger partial charge in [-0.3, -0.25) is 9.10 Å². The Kier molecular flexibility index (Phi) is 6.64. The summed E-state index contributed by atoms with van der Waals surface area (Å²) < 4.78 is 32.7. The third-order valence-electron chi connectivity index (χ3n) is 4.44. The monoisotopic (exact) mass is 444 g/mol. The predicted molar refractivity (Wildman–Crippen MR) is 119 cm³/mol. The van der Waals surface area contributed by atoms with Crippen molar-refractivity contribution in [3.8, 4) is 5.75 Å². The number of methoxy groups -OCH3 is 1. The molecule has 30 heavy (non-hydrogen) atoms. The molecule has 0 radical (unpaired) electrons. The molecule has 1 amide bonds. The van der Waals surface area contributed by atoms with Gasteiger partial charge in [0.15, 0.2) is 0 Å². The summed E-state index contributed by atoms with van der Waals surface area (Å²) in [6.45, 7) is 1.40. The summed E-state index contributed by atoms with van der Waals surface area (Å²) >= 11 is 6.21. The zero-order valence-electron chi connectivity index (χ0n) is 16.5. The normalized spacial score (nSPS) is 11.0. The number of aryl methyl sites for hydroxylation is 1. The molecule has 0 saturated carbocycles. The van der Waals surface area contributed by atoms with Gasteiger partial charge in [-0.05, 0) is 61.0 Å². The second-order valence-electron chi connectivity index (χ2n) is 6.53. The highest BCUT2D eigenvalue weighted by Gasteiger charge is 2.27. The van der Waals surface area contributed by atoms with E-state index in [0.717, 1.165) is 9.87 Å². The van der Waals surface area contributed by atoms with Crippen LogP contribution in [-0.2, 0) is 14.8 Å². The molecule has 3 aromatic carbocycles. The molecule has 8 heteroatoms. The third-order valence-corrected chi connectivity index (χ3v) is 6.63. The summed E-state index contributed by atoms with van der Waals surface area (Å²) in [6, 6.07) is 19.6. The van der Waals surface area contributed by atoms with Gasteiger partial charge in [0.05, 0.1) is 17.7 Å². The first kappa shape index (κ1) is 21.7. The molecule has 0 unspecified atom stereocenters. The zero-order chi connectivity index (χ0) is 21.7. The third kappa shape index (κ3) is 4.93. The summed E-state index contributed by atoms with van der Waals surface area (Å²) in [5, 5.41) is 3.12. The van der Waals surface area contributed by atoms with Gasteiger partial charge >= 0.3 is 0 Å². The highest BCUT2D eigenvalue weighted by Crippen LogP contribution is 2.28. The molecule has 3 rings (SSSR count). The van der Waals surface area contributed by atoms with Crippen molar-refractivity contribution in [1.82, 2.24) is 0 Å². The number of carbonyl (C=O) groups is 1. The number of nitrogens with one attached hydrogen (secondary N) is 1. The molecule has 0 aliphatic carbocycles. The first-order valence-corrected chi connectivity index (χ1v) is 10.9. The van der Waals surface area contributed by atoms with Crippen LogP contribution in [0.5, 0.6) is 5.75 Å². The first-order valence-electron chi connectivity index (χ1n) is 9.09. The van der Waals surface area contributed by atoms with Gasteiger partial charge in [-0.1, -0.05) is 35.9 Å². The molecular weight excluding hydrogens is 424 g/mol. The number of benzene rings is 3. The summed E-state index contributed by atoms with van der Waals surface area (Å²) in [6.07, 6.45) is 0. The van der Waals surface area contributed by atoms with Crippen molar-refractivity contribution >= 4 is 38.9 Å². The van der Waals surface area contributed by atoms with E-state index in [1.54, 1.807) is 61.7 Å². The highest BCUT2D eigenvalue weighted by molar-refractivity contribution is 7.92. The van der Waals surface area contributed by atoms with Gasteiger partial charge in [0, 0.05) is 10.7 Å². The van der Waals surface area contributed by atoms with Crippen molar-refractivity contribution in [2.75, 3.05) is 23.3 Å². The lowest BCUT2D eigenvalue weighted by atomic mass is 10.2. The van der Waals surface area contributed by atoms with Crippen LogP contribution in [0.4, 0.5) is 11.4 Å². The minimum absolute atomic E-state index is 0.0824. The molecule has 0 atom stereocenters. The van der Waals surface area contributed by atoms with Crippen molar-refractivity contribution in [3.05, 3.63) is 83.4 Å². The average Bonchev–Trinajstić information content (AvgIpc) is 2.75. The summed E-state index contributed by atoms with van der Waals surface area (Å²) in [4.78, 5) is 12.8. The Morgan fingerprint density at radius 1 is 1.03 bits per heavy atom. The second-order valence-corrected chi connectivity index (χ2v) is 8.80. The van der Waals surface area contributed by atoms with E-state index >= 15 is 0 Å². The number of anilines is 2. The number of ether oxygens (including phenoxy) is 1. The Labute approximate surface area is 181 Å². The van der Waals surface area contributed by atoms with Gasteiger partial charge in [-0.15, -0.1) is 0 Å². The van der Waals surface area contributed by atoms with Crippen LogP contribution in [0.2, 0.25) is 5.02 Å². The van der Waals surface area contributed by atoms with Crippen molar-refractivity contribution in [3.63, 3.8) is 0 Å². The molecule has 0 bridgehead atoms. The molecule has 0 saturated heterocycles. The topological polar surface area (TPSA) is 75.7 Å². The lowest BCUT2D eigenvalue weighted by Gasteiger charge is -2.24. The Balaban J connectivity index is 1.92. The van der Waals surface area contributed by atoms with Gasteiger partial charge in [-0.25, -0.2) is 8.42 Å². The molecule has 6 nitrogen and oxygen atoms in total. The van der Waals surface area contributed by atoms with Gasteiger partial charge in [-0.2, -0.15) is 0 Å². The van der Waals surface area contributed by atoms with Crippen molar-refractivity contribution in [2.24, 2.45) is 0 Å². The van der Waals surface area contributed by atoms with E-state index in [0.29, 0.717) is 22.1 Å². The van der Waals surface area contributed by atoms with Gasteiger partial charge < -0.3 is 10.1 Å². The van der Waals surface area contributed by atoms with E-state index < -0.39 is 22.5 Å². The number of sulfonamides is 1. The van der Waals surface area contributed by atoms with E-state index in [9.17, 15) is 13.2 Å². The molecule has 3 aromatic rings. The van der Waals surface area contributed by atoms with E-state index in [4.69, 9.17) is 16.3 Å². The molecule has 156 valence electrons. The van der Waals surface area contributed by atoms with Crippen LogP contribution in [0.3, 0.4) is 0 Å². The molecule has 1 N–H and O–H groups in total. The lowest BCUT2D eigenvalue weighted by molar-refractivity contribution is -0.114. The fraction of sp³-hybridized carbons (Fsp3) is 0.136. The van der Waals surface area contributed by atoms with Gasteiger partial charge in [0.2, 0.25) is 5.91 Å². The standard InChI is InChI=1S/C22H21ClN2O4S/c1-16-8-11-18(14-21(16)23)25(30(27,28)20-6-4-3-5-7-20)15-22(26)24-17-9-12-19(29-2)13-10-17/h3-14H,15H2,1-2H3,(H,24,26). The van der Waals surface area contributed by atoms with Crippen LogP contribution in [0.15, 0.2) is 77.7 Å². The predicted octanol–water partition coefficient (Wildman–Crippen LogP) is 4.49. The Morgan fingerprint density at radius 3 is 2.30 bits per heavy atom. The molecule has 0 fully saturated rings. The van der Waals surface area contributed by atoms with E-state index in [1.165, 1.54) is 18.2 Å². The Bertz CT molecular complexity index is 1130. The minimum Gasteiger partial charge on any atom is -0.497 e. The molecule has 0 aromatic heterocycles.